The summed E-state index contributed by atoms with van der Waals surface area (Å²) in [5.74, 6) is -0.0152. The van der Waals surface area contributed by atoms with Gasteiger partial charge in [0, 0.05) is 49.9 Å². The largest absolute Gasteiger partial charge is 0.491 e. The Balaban J connectivity index is 1.40. The Morgan fingerprint density at radius 1 is 1.15 bits per heavy atom. The highest BCUT2D eigenvalue weighted by Gasteiger charge is 2.25. The molecule has 2 amide bonds. The van der Waals surface area contributed by atoms with E-state index in [1.54, 1.807) is 23.1 Å². The van der Waals surface area contributed by atoms with Crippen LogP contribution in [0, 0.1) is 5.82 Å². The molecule has 0 aliphatic carbocycles. The van der Waals surface area contributed by atoms with Crippen LogP contribution in [0.2, 0.25) is 5.02 Å². The van der Waals surface area contributed by atoms with E-state index < -0.39 is 17.3 Å². The van der Waals surface area contributed by atoms with Gasteiger partial charge in [0.15, 0.2) is 0 Å². The van der Waals surface area contributed by atoms with Gasteiger partial charge in [-0.1, -0.05) is 18.2 Å². The Labute approximate surface area is 243 Å². The molecule has 3 aromatic rings. The number of carbonyl (C=O) groups excluding carboxylic acids is 2. The minimum atomic E-state index is -0.524. The summed E-state index contributed by atoms with van der Waals surface area (Å²) in [5.41, 5.74) is 1.04. The Bertz CT molecular complexity index is 1420. The van der Waals surface area contributed by atoms with Gasteiger partial charge in [-0.25, -0.2) is 19.2 Å². The molecule has 12 heteroatoms. The number of carbonyl (C=O) groups is 2. The number of nitrogens with zero attached hydrogens (tertiary/aromatic N) is 4. The summed E-state index contributed by atoms with van der Waals surface area (Å²) in [6.45, 7) is 13.0. The van der Waals surface area contributed by atoms with Crippen molar-refractivity contribution >= 4 is 51.7 Å². The fourth-order valence-electron chi connectivity index (χ4n) is 4.25. The Kier molecular flexibility index (Phi) is 9.61. The number of amides is 2. The van der Waals surface area contributed by atoms with Crippen LogP contribution in [-0.4, -0.2) is 76.7 Å². The molecule has 0 radical (unpaired) electrons. The smallest absolute Gasteiger partial charge is 0.410 e. The van der Waals surface area contributed by atoms with Crippen molar-refractivity contribution in [3.8, 4) is 5.75 Å². The first-order valence-electron chi connectivity index (χ1n) is 13.3. The van der Waals surface area contributed by atoms with E-state index in [9.17, 15) is 14.0 Å². The number of aromatic nitrogens is 2. The van der Waals surface area contributed by atoms with Crippen LogP contribution in [-0.2, 0) is 9.53 Å². The molecule has 1 fully saturated rings. The van der Waals surface area contributed by atoms with Gasteiger partial charge in [-0.05, 0) is 57.5 Å². The van der Waals surface area contributed by atoms with Crippen molar-refractivity contribution in [1.29, 1.82) is 0 Å². The molecule has 0 unspecified atom stereocenters. The van der Waals surface area contributed by atoms with E-state index in [-0.39, 0.29) is 11.1 Å². The molecule has 218 valence electrons. The summed E-state index contributed by atoms with van der Waals surface area (Å²) in [6.07, 6.45) is 3.03. The van der Waals surface area contributed by atoms with Crippen LogP contribution >= 0.6 is 11.6 Å². The lowest BCUT2D eigenvalue weighted by molar-refractivity contribution is -0.111. The summed E-state index contributed by atoms with van der Waals surface area (Å²) >= 11 is 5.92. The molecule has 1 saturated heterocycles. The minimum absolute atomic E-state index is 0.0205. The van der Waals surface area contributed by atoms with Crippen LogP contribution in [0.5, 0.6) is 5.75 Å². The zero-order valence-electron chi connectivity index (χ0n) is 23.4. The number of hydrogen-bond acceptors (Lipinski definition) is 8. The van der Waals surface area contributed by atoms with Gasteiger partial charge in [-0.15, -0.1) is 0 Å². The zero-order valence-corrected chi connectivity index (χ0v) is 24.1. The molecule has 10 nitrogen and oxygen atoms in total. The van der Waals surface area contributed by atoms with Crippen LogP contribution < -0.4 is 15.4 Å². The standard InChI is InChI=1S/C29H34ClFN6O4/c1-5-26(38)35-24-16-20-23(32-18-33-27(20)34-19-7-8-22(31)21(30)15-19)17-25(24)40-14-6-9-36-10-12-37(13-11-36)28(39)41-29(2,3)4/h5,7-8,15-18H,1,6,9-14H2,2-4H3,(H,35,38)(H,32,33,34). The molecule has 2 aromatic carbocycles. The molecule has 41 heavy (non-hydrogen) atoms. The molecule has 2 N–H and O–H groups in total. The molecule has 0 bridgehead atoms. The van der Waals surface area contributed by atoms with Crippen molar-refractivity contribution in [2.75, 3.05) is 50.0 Å². The molecule has 0 saturated carbocycles. The highest BCUT2D eigenvalue weighted by molar-refractivity contribution is 6.31. The fourth-order valence-corrected chi connectivity index (χ4v) is 4.43. The second kappa shape index (κ2) is 13.1. The average Bonchev–Trinajstić information content (AvgIpc) is 2.93. The van der Waals surface area contributed by atoms with Crippen LogP contribution in [0.25, 0.3) is 10.9 Å². The summed E-state index contributed by atoms with van der Waals surface area (Å²) < 4.78 is 25.1. The number of benzene rings is 2. The molecule has 1 aromatic heterocycles. The lowest BCUT2D eigenvalue weighted by atomic mass is 10.1. The van der Waals surface area contributed by atoms with Gasteiger partial charge in [0.2, 0.25) is 5.91 Å². The number of nitrogens with one attached hydrogen (secondary N) is 2. The maximum absolute atomic E-state index is 13.6. The number of hydrogen-bond donors (Lipinski definition) is 2. The van der Waals surface area contributed by atoms with E-state index >= 15 is 0 Å². The van der Waals surface area contributed by atoms with Crippen LogP contribution in [0.1, 0.15) is 27.2 Å². The maximum Gasteiger partial charge on any atom is 0.410 e. The first-order chi connectivity index (χ1) is 19.5. The summed E-state index contributed by atoms with van der Waals surface area (Å²) in [6, 6.07) is 7.72. The van der Waals surface area contributed by atoms with E-state index in [0.717, 1.165) is 26.1 Å². The third-order valence-corrected chi connectivity index (χ3v) is 6.55. The van der Waals surface area contributed by atoms with Gasteiger partial charge < -0.3 is 25.0 Å². The number of fused-ring (bicyclic) bond motifs is 1. The molecule has 0 spiro atoms. The SMILES string of the molecule is C=CC(=O)Nc1cc2c(Nc3ccc(F)c(Cl)c3)ncnc2cc1OCCCN1CCN(C(=O)OC(C)(C)C)CC1. The molecule has 2 heterocycles. The van der Waals surface area contributed by atoms with E-state index in [2.05, 4.69) is 32.1 Å². The lowest BCUT2D eigenvalue weighted by Gasteiger charge is -2.35. The van der Waals surface area contributed by atoms with Crippen molar-refractivity contribution in [3.05, 3.63) is 60.2 Å². The van der Waals surface area contributed by atoms with Crippen LogP contribution in [0.3, 0.4) is 0 Å². The molecule has 1 aliphatic rings. The highest BCUT2D eigenvalue weighted by atomic mass is 35.5. The summed E-state index contributed by atoms with van der Waals surface area (Å²) in [4.78, 5) is 37.2. The predicted octanol–water partition coefficient (Wildman–Crippen LogP) is 5.61. The first-order valence-corrected chi connectivity index (χ1v) is 13.7. The summed E-state index contributed by atoms with van der Waals surface area (Å²) in [5, 5.41) is 6.50. The van der Waals surface area contributed by atoms with Crippen molar-refractivity contribution in [2.24, 2.45) is 0 Å². The lowest BCUT2D eigenvalue weighted by Crippen LogP contribution is -2.50. The second-order valence-electron chi connectivity index (χ2n) is 10.5. The van der Waals surface area contributed by atoms with Gasteiger partial charge in [0.05, 0.1) is 22.8 Å². The second-order valence-corrected chi connectivity index (χ2v) is 11.0. The van der Waals surface area contributed by atoms with Gasteiger partial charge >= 0.3 is 6.09 Å². The molecule has 4 rings (SSSR count). The van der Waals surface area contributed by atoms with Gasteiger partial charge in [-0.3, -0.25) is 9.69 Å². The number of piperazine rings is 1. The number of anilines is 3. The van der Waals surface area contributed by atoms with E-state index in [1.807, 2.05) is 20.8 Å². The molecular formula is C29H34ClFN6O4. The minimum Gasteiger partial charge on any atom is -0.491 e. The van der Waals surface area contributed by atoms with Gasteiger partial charge in [-0.2, -0.15) is 0 Å². The van der Waals surface area contributed by atoms with Crippen molar-refractivity contribution in [1.82, 2.24) is 19.8 Å². The topological polar surface area (TPSA) is 109 Å². The zero-order chi connectivity index (χ0) is 29.6. The van der Waals surface area contributed by atoms with Gasteiger partial charge in [0.25, 0.3) is 0 Å². The molecular weight excluding hydrogens is 551 g/mol. The van der Waals surface area contributed by atoms with Crippen LogP contribution in [0.15, 0.2) is 49.3 Å². The van der Waals surface area contributed by atoms with E-state index in [1.165, 1.54) is 24.5 Å². The molecule has 0 atom stereocenters. The fraction of sp³-hybridized carbons (Fsp3) is 0.379. The van der Waals surface area contributed by atoms with E-state index in [0.29, 0.717) is 53.5 Å². The quantitative estimate of drug-likeness (QED) is 0.247. The van der Waals surface area contributed by atoms with Gasteiger partial charge in [0.1, 0.15) is 29.3 Å². The molecule has 1 aliphatic heterocycles. The summed E-state index contributed by atoms with van der Waals surface area (Å²) in [7, 11) is 0. The predicted molar refractivity (Wildman–Crippen MR) is 157 cm³/mol. The van der Waals surface area contributed by atoms with Crippen molar-refractivity contribution in [2.45, 2.75) is 32.8 Å². The Hall–Kier alpha value is -3.96. The number of halogens is 2. The Morgan fingerprint density at radius 2 is 1.90 bits per heavy atom. The van der Waals surface area contributed by atoms with Crippen LogP contribution in [0.4, 0.5) is 26.4 Å². The van der Waals surface area contributed by atoms with Crippen molar-refractivity contribution in [3.63, 3.8) is 0 Å². The maximum atomic E-state index is 13.6. The third kappa shape index (κ3) is 8.27. The average molecular weight is 585 g/mol. The number of ether oxygens (including phenoxy) is 2. The monoisotopic (exact) mass is 584 g/mol. The third-order valence-electron chi connectivity index (χ3n) is 6.26. The van der Waals surface area contributed by atoms with E-state index in [4.69, 9.17) is 21.1 Å². The first kappa shape index (κ1) is 30.0. The highest BCUT2D eigenvalue weighted by Crippen LogP contribution is 2.34. The number of rotatable bonds is 9. The van der Waals surface area contributed by atoms with Crippen molar-refractivity contribution < 1.29 is 23.5 Å². The Morgan fingerprint density at radius 3 is 2.59 bits per heavy atom. The normalized spacial score (nSPS) is 14.0.